The van der Waals surface area contributed by atoms with Gasteiger partial charge in [-0.2, -0.15) is 0 Å². The van der Waals surface area contributed by atoms with Crippen LogP contribution in [0.2, 0.25) is 5.02 Å². The molecule has 0 spiro atoms. The number of amides is 2. The molecule has 0 aliphatic carbocycles. The highest BCUT2D eigenvalue weighted by atomic mass is 79.9. The predicted molar refractivity (Wildman–Crippen MR) is 138 cm³/mol. The molecule has 5 nitrogen and oxygen atoms in total. The Morgan fingerprint density at radius 1 is 1.16 bits per heavy atom. The van der Waals surface area contributed by atoms with E-state index in [1.807, 2.05) is 26.1 Å². The number of anilines is 2. The maximum absolute atomic E-state index is 13.3. The van der Waals surface area contributed by atoms with Crippen LogP contribution in [0.4, 0.5) is 11.4 Å². The quantitative estimate of drug-likeness (QED) is 0.314. The summed E-state index contributed by atoms with van der Waals surface area (Å²) in [5.74, 6) is -1.05. The van der Waals surface area contributed by atoms with Crippen LogP contribution in [0.1, 0.15) is 31.9 Å². The van der Waals surface area contributed by atoms with Crippen molar-refractivity contribution in [2.75, 3.05) is 16.8 Å². The molecule has 2 heterocycles. The SMILES string of the molecule is CC1=CC(C)(C)N(C)c2cc(Cl)c(/C=C3/C(=O)NC(=S)N(c4ccc(Br)cc4)C3=O)cc21. The summed E-state index contributed by atoms with van der Waals surface area (Å²) < 4.78 is 0.869. The Morgan fingerprint density at radius 2 is 1.81 bits per heavy atom. The van der Waals surface area contributed by atoms with Crippen molar-refractivity contribution >= 4 is 79.7 Å². The molecule has 0 unspecified atom stereocenters. The fourth-order valence-electron chi connectivity index (χ4n) is 3.94. The van der Waals surface area contributed by atoms with Gasteiger partial charge in [-0.15, -0.1) is 0 Å². The van der Waals surface area contributed by atoms with Crippen molar-refractivity contribution in [2.24, 2.45) is 0 Å². The van der Waals surface area contributed by atoms with Crippen molar-refractivity contribution < 1.29 is 9.59 Å². The third-order valence-electron chi connectivity index (χ3n) is 5.82. The topological polar surface area (TPSA) is 52.7 Å². The number of hydrogen-bond acceptors (Lipinski definition) is 4. The molecule has 8 heteroatoms. The second-order valence-corrected chi connectivity index (χ2v) is 10.1. The summed E-state index contributed by atoms with van der Waals surface area (Å²) in [6.45, 7) is 6.31. The number of nitrogens with one attached hydrogen (secondary N) is 1. The minimum absolute atomic E-state index is 0.0329. The molecular weight excluding hydrogens is 510 g/mol. The van der Waals surface area contributed by atoms with E-state index in [9.17, 15) is 9.59 Å². The summed E-state index contributed by atoms with van der Waals surface area (Å²) >= 11 is 15.2. The highest BCUT2D eigenvalue weighted by Crippen LogP contribution is 2.41. The van der Waals surface area contributed by atoms with Crippen molar-refractivity contribution in [2.45, 2.75) is 26.3 Å². The molecule has 0 saturated carbocycles. The number of benzene rings is 2. The first-order chi connectivity index (χ1) is 15.0. The van der Waals surface area contributed by atoms with Crippen LogP contribution in [0.25, 0.3) is 11.6 Å². The number of hydrogen-bond donors (Lipinski definition) is 1. The van der Waals surface area contributed by atoms with Gasteiger partial charge in [0.15, 0.2) is 5.11 Å². The zero-order valence-electron chi connectivity index (χ0n) is 18.0. The van der Waals surface area contributed by atoms with Crippen LogP contribution in [-0.2, 0) is 9.59 Å². The number of rotatable bonds is 2. The number of fused-ring (bicyclic) bond motifs is 1. The minimum Gasteiger partial charge on any atom is -0.365 e. The molecule has 2 aliphatic rings. The lowest BCUT2D eigenvalue weighted by Crippen LogP contribution is -2.54. The number of likely N-dealkylation sites (N-methyl/N-ethyl adjacent to an activating group) is 1. The van der Waals surface area contributed by atoms with Gasteiger partial charge in [0, 0.05) is 27.8 Å². The molecule has 2 aromatic carbocycles. The van der Waals surface area contributed by atoms with Gasteiger partial charge in [-0.1, -0.05) is 33.6 Å². The fraction of sp³-hybridized carbons (Fsp3) is 0.208. The van der Waals surface area contributed by atoms with Gasteiger partial charge < -0.3 is 4.90 Å². The van der Waals surface area contributed by atoms with E-state index in [1.54, 1.807) is 24.3 Å². The van der Waals surface area contributed by atoms with Gasteiger partial charge in [0.05, 0.1) is 11.2 Å². The van der Waals surface area contributed by atoms with E-state index in [0.717, 1.165) is 21.3 Å². The van der Waals surface area contributed by atoms with Crippen LogP contribution >= 0.6 is 39.7 Å². The van der Waals surface area contributed by atoms with Crippen LogP contribution in [0.15, 0.2) is 52.5 Å². The number of carbonyl (C=O) groups excluding carboxylic acids is 2. The van der Waals surface area contributed by atoms with Gasteiger partial charge in [0.25, 0.3) is 11.8 Å². The Morgan fingerprint density at radius 3 is 2.47 bits per heavy atom. The van der Waals surface area contributed by atoms with E-state index in [4.69, 9.17) is 23.8 Å². The van der Waals surface area contributed by atoms with Gasteiger partial charge in [-0.05, 0) is 86.6 Å². The largest absolute Gasteiger partial charge is 0.365 e. The predicted octanol–water partition coefficient (Wildman–Crippen LogP) is 5.57. The highest BCUT2D eigenvalue weighted by molar-refractivity contribution is 9.10. The molecule has 0 aromatic heterocycles. The zero-order chi connectivity index (χ0) is 23.4. The highest BCUT2D eigenvalue weighted by Gasteiger charge is 2.35. The standard InChI is InChI=1S/C24H21BrClN3O2S/c1-13-12-24(2,3)28(4)20-11-19(26)14(9-17(13)20)10-18-21(30)27-23(32)29(22(18)31)16-7-5-15(25)6-8-16/h5-12H,1-4H3,(H,27,30,32)/b18-10-. The fourth-order valence-corrected chi connectivity index (χ4v) is 4.69. The van der Waals surface area contributed by atoms with E-state index < -0.39 is 11.8 Å². The lowest BCUT2D eigenvalue weighted by atomic mass is 9.88. The molecule has 32 heavy (non-hydrogen) atoms. The molecule has 2 aromatic rings. The zero-order valence-corrected chi connectivity index (χ0v) is 21.2. The number of nitrogens with zero attached hydrogens (tertiary/aromatic N) is 2. The summed E-state index contributed by atoms with van der Waals surface area (Å²) in [5.41, 5.74) is 4.08. The molecule has 4 rings (SSSR count). The molecule has 1 fully saturated rings. The molecule has 0 atom stereocenters. The second-order valence-electron chi connectivity index (χ2n) is 8.37. The molecule has 164 valence electrons. The summed E-state index contributed by atoms with van der Waals surface area (Å²) in [6, 6.07) is 10.9. The molecular formula is C24H21BrClN3O2S. The maximum atomic E-state index is 13.3. The summed E-state index contributed by atoms with van der Waals surface area (Å²) in [5, 5.41) is 3.10. The van der Waals surface area contributed by atoms with Gasteiger partial charge in [-0.3, -0.25) is 19.8 Å². The van der Waals surface area contributed by atoms with E-state index >= 15 is 0 Å². The second kappa shape index (κ2) is 8.14. The van der Waals surface area contributed by atoms with E-state index in [-0.39, 0.29) is 16.2 Å². The minimum atomic E-state index is -0.548. The van der Waals surface area contributed by atoms with Crippen molar-refractivity contribution in [3.05, 3.63) is 68.7 Å². The first-order valence-electron chi connectivity index (χ1n) is 9.94. The van der Waals surface area contributed by atoms with Gasteiger partial charge in [0.1, 0.15) is 5.57 Å². The molecule has 1 N–H and O–H groups in total. The number of carbonyl (C=O) groups is 2. The molecule has 2 aliphatic heterocycles. The van der Waals surface area contributed by atoms with Gasteiger partial charge in [-0.25, -0.2) is 0 Å². The van der Waals surface area contributed by atoms with Gasteiger partial charge in [0.2, 0.25) is 0 Å². The van der Waals surface area contributed by atoms with Crippen molar-refractivity contribution in [3.63, 3.8) is 0 Å². The summed E-state index contributed by atoms with van der Waals surface area (Å²) in [4.78, 5) is 29.4. The average Bonchev–Trinajstić information content (AvgIpc) is 2.71. The Kier molecular flexibility index (Phi) is 5.77. The summed E-state index contributed by atoms with van der Waals surface area (Å²) in [6.07, 6.45) is 3.72. The molecule has 0 bridgehead atoms. The van der Waals surface area contributed by atoms with Crippen molar-refractivity contribution in [1.82, 2.24) is 5.32 Å². The Bertz CT molecular complexity index is 1230. The monoisotopic (exact) mass is 529 g/mol. The maximum Gasteiger partial charge on any atom is 0.270 e. The lowest BCUT2D eigenvalue weighted by molar-refractivity contribution is -0.122. The van der Waals surface area contributed by atoms with E-state index in [0.29, 0.717) is 16.3 Å². The Labute approximate surface area is 205 Å². The van der Waals surface area contributed by atoms with Crippen LogP contribution in [0.3, 0.4) is 0 Å². The first-order valence-corrected chi connectivity index (χ1v) is 11.5. The smallest absolute Gasteiger partial charge is 0.270 e. The van der Waals surface area contributed by atoms with Gasteiger partial charge >= 0.3 is 0 Å². The number of allylic oxidation sites excluding steroid dienone is 1. The van der Waals surface area contributed by atoms with Crippen LogP contribution in [-0.4, -0.2) is 29.5 Å². The van der Waals surface area contributed by atoms with Crippen LogP contribution in [0, 0.1) is 0 Å². The lowest BCUT2D eigenvalue weighted by Gasteiger charge is -2.40. The van der Waals surface area contributed by atoms with Crippen molar-refractivity contribution in [3.8, 4) is 0 Å². The van der Waals surface area contributed by atoms with Crippen LogP contribution in [0.5, 0.6) is 0 Å². The normalized spacial score (nSPS) is 19.1. The molecule has 2 amide bonds. The summed E-state index contributed by atoms with van der Waals surface area (Å²) in [7, 11) is 2.02. The number of halogens is 2. The Hall–Kier alpha value is -2.48. The molecule has 1 saturated heterocycles. The molecule has 0 radical (unpaired) electrons. The number of thiocarbonyl (C=S) groups is 1. The Balaban J connectivity index is 1.78. The third-order valence-corrected chi connectivity index (χ3v) is 6.96. The third kappa shape index (κ3) is 3.89. The van der Waals surface area contributed by atoms with E-state index in [2.05, 4.69) is 46.1 Å². The van der Waals surface area contributed by atoms with Crippen molar-refractivity contribution in [1.29, 1.82) is 0 Å². The average molecular weight is 531 g/mol. The van der Waals surface area contributed by atoms with E-state index in [1.165, 1.54) is 11.0 Å². The van der Waals surface area contributed by atoms with Crippen LogP contribution < -0.4 is 15.1 Å². The first kappa shape index (κ1) is 22.7.